The molecular weight excluding hydrogens is 388 g/mol. The molecule has 2 aromatic carbocycles. The van der Waals surface area contributed by atoms with Gasteiger partial charge in [0.15, 0.2) is 15.6 Å². The van der Waals surface area contributed by atoms with Gasteiger partial charge in [-0.2, -0.15) is 0 Å². The van der Waals surface area contributed by atoms with Crippen molar-refractivity contribution in [1.29, 1.82) is 0 Å². The van der Waals surface area contributed by atoms with Gasteiger partial charge in [-0.25, -0.2) is 8.42 Å². The van der Waals surface area contributed by atoms with Crippen molar-refractivity contribution in [2.24, 2.45) is 0 Å². The summed E-state index contributed by atoms with van der Waals surface area (Å²) in [6, 6.07) is 12.2. The smallest absolute Gasteiger partial charge is 0.210 e. The maximum atomic E-state index is 12.9. The van der Waals surface area contributed by atoms with E-state index in [0.29, 0.717) is 5.92 Å². The molecule has 7 heteroatoms. The van der Waals surface area contributed by atoms with Crippen LogP contribution in [0.5, 0.6) is 0 Å². The average Bonchev–Trinajstić information content (AvgIpc) is 2.71. The van der Waals surface area contributed by atoms with E-state index in [4.69, 9.17) is 0 Å². The number of benzene rings is 2. The summed E-state index contributed by atoms with van der Waals surface area (Å²) in [7, 11) is -3.62. The quantitative estimate of drug-likeness (QED) is 0.805. The lowest BCUT2D eigenvalue weighted by molar-refractivity contribution is 0.0983. The number of carbonyl (C=O) groups is 2. The number of hydrogen-bond donors (Lipinski definition) is 2. The molecule has 0 radical (unpaired) electrons. The molecule has 4 rings (SSSR count). The standard InChI is InChI=1S/C22H22N2O4S/c1-29(27,28)20-7-3-6-17-21(20)19(25)13-18(22(17)26)24-16-5-2-4-15(12-16)14-8-10-23-11-9-14/h2-7,12-14,23-24H,8-11H2,1H3. The van der Waals surface area contributed by atoms with E-state index in [-0.39, 0.29) is 21.7 Å². The molecular formula is C22H22N2O4S. The molecule has 2 aromatic rings. The van der Waals surface area contributed by atoms with E-state index in [1.165, 1.54) is 29.8 Å². The Hall–Kier alpha value is -2.77. The van der Waals surface area contributed by atoms with Gasteiger partial charge in [-0.3, -0.25) is 9.59 Å². The van der Waals surface area contributed by atoms with Crippen LogP contribution in [0.15, 0.2) is 59.1 Å². The third kappa shape index (κ3) is 3.88. The number of rotatable bonds is 4. The molecule has 0 aromatic heterocycles. The molecule has 6 nitrogen and oxygen atoms in total. The van der Waals surface area contributed by atoms with E-state index in [1.807, 2.05) is 18.2 Å². The van der Waals surface area contributed by atoms with E-state index in [1.54, 1.807) is 0 Å². The highest BCUT2D eigenvalue weighted by molar-refractivity contribution is 7.90. The first-order valence-corrected chi connectivity index (χ1v) is 11.5. The average molecular weight is 410 g/mol. The lowest BCUT2D eigenvalue weighted by Crippen LogP contribution is -2.26. The van der Waals surface area contributed by atoms with Crippen LogP contribution in [0.25, 0.3) is 0 Å². The van der Waals surface area contributed by atoms with E-state index >= 15 is 0 Å². The van der Waals surface area contributed by atoms with Crippen molar-refractivity contribution in [3.63, 3.8) is 0 Å². The summed E-state index contributed by atoms with van der Waals surface area (Å²) in [4.78, 5) is 25.5. The molecule has 2 N–H and O–H groups in total. The van der Waals surface area contributed by atoms with Crippen LogP contribution in [0.1, 0.15) is 45.0 Å². The Kier molecular flexibility index (Phi) is 5.10. The van der Waals surface area contributed by atoms with E-state index in [9.17, 15) is 18.0 Å². The van der Waals surface area contributed by atoms with Gasteiger partial charge in [-0.1, -0.05) is 24.3 Å². The van der Waals surface area contributed by atoms with Gasteiger partial charge in [0, 0.05) is 23.6 Å². The van der Waals surface area contributed by atoms with Gasteiger partial charge in [0.1, 0.15) is 0 Å². The Bertz CT molecular complexity index is 1130. The van der Waals surface area contributed by atoms with E-state index < -0.39 is 21.4 Å². The van der Waals surface area contributed by atoms with Crippen molar-refractivity contribution in [2.45, 2.75) is 23.7 Å². The van der Waals surface area contributed by atoms with Crippen molar-refractivity contribution in [3.8, 4) is 0 Å². The zero-order valence-corrected chi connectivity index (χ0v) is 16.9. The van der Waals surface area contributed by atoms with Crippen LogP contribution in [0, 0.1) is 0 Å². The second kappa shape index (κ2) is 7.57. The summed E-state index contributed by atoms with van der Waals surface area (Å²) < 4.78 is 24.0. The summed E-state index contributed by atoms with van der Waals surface area (Å²) in [5.74, 6) is -0.413. The highest BCUT2D eigenvalue weighted by Gasteiger charge is 2.30. The Morgan fingerprint density at radius 1 is 1.03 bits per heavy atom. The molecule has 1 aliphatic carbocycles. The number of piperidine rings is 1. The number of ketones is 2. The van der Waals surface area contributed by atoms with E-state index in [2.05, 4.69) is 16.7 Å². The van der Waals surface area contributed by atoms with Crippen molar-refractivity contribution < 1.29 is 18.0 Å². The summed E-state index contributed by atoms with van der Waals surface area (Å²) in [5.41, 5.74) is 2.14. The van der Waals surface area contributed by atoms with Crippen LogP contribution < -0.4 is 10.6 Å². The first-order chi connectivity index (χ1) is 13.8. The van der Waals surface area contributed by atoms with Gasteiger partial charge in [-0.05, 0) is 55.6 Å². The highest BCUT2D eigenvalue weighted by Crippen LogP contribution is 2.30. The molecule has 2 aliphatic rings. The molecule has 1 aliphatic heterocycles. The summed E-state index contributed by atoms with van der Waals surface area (Å²) in [5, 5.41) is 6.42. The van der Waals surface area contributed by atoms with Crippen LogP contribution >= 0.6 is 0 Å². The van der Waals surface area contributed by atoms with Crippen molar-refractivity contribution in [2.75, 3.05) is 24.7 Å². The molecule has 0 saturated carbocycles. The van der Waals surface area contributed by atoms with Crippen LogP contribution in [-0.4, -0.2) is 39.3 Å². The number of hydrogen-bond acceptors (Lipinski definition) is 6. The number of anilines is 1. The molecule has 29 heavy (non-hydrogen) atoms. The maximum Gasteiger partial charge on any atom is 0.210 e. The predicted octanol–water partition coefficient (Wildman–Crippen LogP) is 2.93. The maximum absolute atomic E-state index is 12.9. The van der Waals surface area contributed by atoms with Crippen LogP contribution in [0.4, 0.5) is 5.69 Å². The largest absolute Gasteiger partial charge is 0.352 e. The second-order valence-corrected chi connectivity index (χ2v) is 9.46. The van der Waals surface area contributed by atoms with Gasteiger partial charge in [0.25, 0.3) is 0 Å². The van der Waals surface area contributed by atoms with Crippen molar-refractivity contribution in [1.82, 2.24) is 5.32 Å². The minimum absolute atomic E-state index is 0.0472. The van der Waals surface area contributed by atoms with Gasteiger partial charge < -0.3 is 10.6 Å². The predicted molar refractivity (Wildman–Crippen MR) is 111 cm³/mol. The monoisotopic (exact) mass is 410 g/mol. The molecule has 1 fully saturated rings. The minimum atomic E-state index is -3.62. The number of fused-ring (bicyclic) bond motifs is 1. The van der Waals surface area contributed by atoms with Crippen LogP contribution in [-0.2, 0) is 9.84 Å². The van der Waals surface area contributed by atoms with Crippen molar-refractivity contribution >= 4 is 27.1 Å². The number of carbonyl (C=O) groups excluding carboxylic acids is 2. The zero-order valence-electron chi connectivity index (χ0n) is 16.1. The fourth-order valence-corrected chi connectivity index (χ4v) is 4.88. The molecule has 0 bridgehead atoms. The molecule has 0 amide bonds. The van der Waals surface area contributed by atoms with E-state index in [0.717, 1.165) is 37.9 Å². The second-order valence-electron chi connectivity index (χ2n) is 7.48. The Morgan fingerprint density at radius 2 is 1.76 bits per heavy atom. The summed E-state index contributed by atoms with van der Waals surface area (Å²) >= 11 is 0. The van der Waals surface area contributed by atoms with Gasteiger partial charge in [0.2, 0.25) is 5.78 Å². The number of nitrogens with one attached hydrogen (secondary N) is 2. The third-order valence-electron chi connectivity index (χ3n) is 5.41. The molecule has 0 spiro atoms. The lowest BCUT2D eigenvalue weighted by atomic mass is 9.90. The molecule has 0 atom stereocenters. The van der Waals surface area contributed by atoms with Gasteiger partial charge in [0.05, 0.1) is 16.2 Å². The van der Waals surface area contributed by atoms with Crippen molar-refractivity contribution in [3.05, 3.63) is 70.9 Å². The minimum Gasteiger partial charge on any atom is -0.352 e. The van der Waals surface area contributed by atoms with Crippen LogP contribution in [0.2, 0.25) is 0 Å². The first kappa shape index (κ1) is 19.5. The summed E-state index contributed by atoms with van der Waals surface area (Å²) in [6.45, 7) is 1.97. The van der Waals surface area contributed by atoms with Crippen LogP contribution in [0.3, 0.4) is 0 Å². The number of sulfone groups is 1. The Morgan fingerprint density at radius 3 is 2.48 bits per heavy atom. The molecule has 0 unspecified atom stereocenters. The molecule has 150 valence electrons. The van der Waals surface area contributed by atoms with Gasteiger partial charge >= 0.3 is 0 Å². The fraction of sp³-hybridized carbons (Fsp3) is 0.273. The number of Topliss-reactive ketones (excluding diaryl/α,β-unsaturated/α-hetero) is 1. The lowest BCUT2D eigenvalue weighted by Gasteiger charge is -2.24. The summed E-state index contributed by atoms with van der Waals surface area (Å²) in [6.07, 6.45) is 4.34. The molecule has 1 saturated heterocycles. The molecule has 1 heterocycles. The third-order valence-corrected chi connectivity index (χ3v) is 6.55. The normalized spacial score (nSPS) is 17.6. The zero-order chi connectivity index (χ0) is 20.6. The topological polar surface area (TPSA) is 92.3 Å². The number of allylic oxidation sites excluding steroid dienone is 2. The first-order valence-electron chi connectivity index (χ1n) is 9.56. The SMILES string of the molecule is CS(=O)(=O)c1cccc2c1C(=O)C=C(Nc1cccc(C3CCNCC3)c1)C2=O. The Labute approximate surface area is 169 Å². The Balaban J connectivity index is 1.64. The highest BCUT2D eigenvalue weighted by atomic mass is 32.2. The fourth-order valence-electron chi connectivity index (χ4n) is 3.97. The van der Waals surface area contributed by atoms with Gasteiger partial charge in [-0.15, -0.1) is 0 Å².